The Morgan fingerprint density at radius 2 is 2.29 bits per heavy atom. The summed E-state index contributed by atoms with van der Waals surface area (Å²) in [6, 6.07) is -0.966. The van der Waals surface area contributed by atoms with E-state index in [4.69, 9.17) is 5.11 Å². The fraction of sp³-hybridized carbons (Fsp3) is 0.500. The summed E-state index contributed by atoms with van der Waals surface area (Å²) in [7, 11) is 0. The maximum atomic E-state index is 12.1. The summed E-state index contributed by atoms with van der Waals surface area (Å²) in [6.07, 6.45) is 0.645. The van der Waals surface area contributed by atoms with Crippen LogP contribution >= 0.6 is 0 Å². The highest BCUT2D eigenvalue weighted by atomic mass is 16.4. The largest absolute Gasteiger partial charge is 0.480 e. The Bertz CT molecular complexity index is 456. The summed E-state index contributed by atoms with van der Waals surface area (Å²) in [5, 5.41) is 24.8. The second-order valence-electron chi connectivity index (χ2n) is 4.11. The van der Waals surface area contributed by atoms with Crippen molar-refractivity contribution < 1.29 is 19.8 Å². The number of hydrogen-bond acceptors (Lipinski definition) is 4. The highest BCUT2D eigenvalue weighted by Gasteiger charge is 2.39. The minimum atomic E-state index is -1.10. The van der Waals surface area contributed by atoms with Crippen molar-refractivity contribution in [2.45, 2.75) is 25.5 Å². The van der Waals surface area contributed by atoms with Crippen LogP contribution in [-0.4, -0.2) is 55.9 Å². The number of aliphatic carboxylic acids is 1. The van der Waals surface area contributed by atoms with Gasteiger partial charge in [-0.3, -0.25) is 9.89 Å². The van der Waals surface area contributed by atoms with E-state index in [1.54, 1.807) is 6.92 Å². The highest BCUT2D eigenvalue weighted by Crippen LogP contribution is 2.21. The number of β-amino-alcohol motifs (C(OH)–C–C–N with tert-alkyl or cyclic N) is 1. The zero-order chi connectivity index (χ0) is 12.6. The predicted molar refractivity (Wildman–Crippen MR) is 56.4 cm³/mol. The first-order chi connectivity index (χ1) is 8.00. The van der Waals surface area contributed by atoms with Gasteiger partial charge in [0.1, 0.15) is 6.04 Å². The molecule has 1 aromatic heterocycles. The molecule has 17 heavy (non-hydrogen) atoms. The van der Waals surface area contributed by atoms with Gasteiger partial charge in [-0.05, 0) is 6.92 Å². The number of amides is 1. The van der Waals surface area contributed by atoms with Gasteiger partial charge in [-0.1, -0.05) is 0 Å². The third-order valence-electron chi connectivity index (χ3n) is 2.89. The molecule has 2 atom stereocenters. The summed E-state index contributed by atoms with van der Waals surface area (Å²) in [4.78, 5) is 24.2. The average Bonchev–Trinajstić information content (AvgIpc) is 2.83. The number of carbonyl (C=O) groups is 2. The van der Waals surface area contributed by atoms with Crippen LogP contribution in [0.2, 0.25) is 0 Å². The Morgan fingerprint density at radius 1 is 1.59 bits per heavy atom. The molecule has 1 saturated heterocycles. The average molecular weight is 239 g/mol. The van der Waals surface area contributed by atoms with E-state index in [1.165, 1.54) is 11.1 Å². The van der Waals surface area contributed by atoms with Crippen LogP contribution in [0.15, 0.2) is 6.20 Å². The zero-order valence-electron chi connectivity index (χ0n) is 9.25. The monoisotopic (exact) mass is 239 g/mol. The molecule has 1 aliphatic rings. The molecule has 0 aromatic carbocycles. The van der Waals surface area contributed by atoms with Crippen molar-refractivity contribution in [2.75, 3.05) is 6.54 Å². The van der Waals surface area contributed by atoms with Crippen molar-refractivity contribution in [1.29, 1.82) is 0 Å². The molecule has 3 N–H and O–H groups in total. The van der Waals surface area contributed by atoms with Crippen molar-refractivity contribution in [3.63, 3.8) is 0 Å². The molecule has 2 rings (SSSR count). The maximum absolute atomic E-state index is 12.1. The lowest BCUT2D eigenvalue weighted by molar-refractivity contribution is -0.141. The molecular formula is C10H13N3O4. The summed E-state index contributed by atoms with van der Waals surface area (Å²) in [5.74, 6) is -1.52. The lowest BCUT2D eigenvalue weighted by Crippen LogP contribution is -2.40. The number of rotatable bonds is 2. The van der Waals surface area contributed by atoms with E-state index in [-0.39, 0.29) is 13.0 Å². The fourth-order valence-corrected chi connectivity index (χ4v) is 1.99. The Morgan fingerprint density at radius 3 is 2.82 bits per heavy atom. The minimum Gasteiger partial charge on any atom is -0.480 e. The molecule has 1 aliphatic heterocycles. The summed E-state index contributed by atoms with van der Waals surface area (Å²) in [6.45, 7) is 1.73. The third-order valence-corrected chi connectivity index (χ3v) is 2.89. The number of carbonyl (C=O) groups excluding carboxylic acids is 1. The van der Waals surface area contributed by atoms with E-state index >= 15 is 0 Å². The lowest BCUT2D eigenvalue weighted by Gasteiger charge is -2.20. The molecule has 0 bridgehead atoms. The molecule has 7 heteroatoms. The molecule has 1 unspecified atom stereocenters. The molecule has 1 fully saturated rings. The Kier molecular flexibility index (Phi) is 2.84. The number of hydrogen-bond donors (Lipinski definition) is 3. The van der Waals surface area contributed by atoms with Crippen LogP contribution < -0.4 is 0 Å². The van der Waals surface area contributed by atoms with Gasteiger partial charge < -0.3 is 15.1 Å². The number of carboxylic acids is 1. The third kappa shape index (κ3) is 2.01. The summed E-state index contributed by atoms with van der Waals surface area (Å²) < 4.78 is 0. The van der Waals surface area contributed by atoms with Crippen molar-refractivity contribution in [3.05, 3.63) is 17.5 Å². The molecule has 0 spiro atoms. The van der Waals surface area contributed by atoms with Crippen LogP contribution in [0.1, 0.15) is 22.5 Å². The first-order valence-electron chi connectivity index (χ1n) is 5.22. The van der Waals surface area contributed by atoms with E-state index in [0.717, 1.165) is 0 Å². The van der Waals surface area contributed by atoms with Gasteiger partial charge >= 0.3 is 5.97 Å². The number of carboxylic acid groups (broad SMARTS) is 1. The Balaban J connectivity index is 2.25. The molecular weight excluding hydrogens is 226 g/mol. The van der Waals surface area contributed by atoms with Crippen molar-refractivity contribution in [2.24, 2.45) is 0 Å². The van der Waals surface area contributed by atoms with Crippen molar-refractivity contribution in [1.82, 2.24) is 15.1 Å². The molecule has 2 heterocycles. The highest BCUT2D eigenvalue weighted by molar-refractivity contribution is 5.97. The Hall–Kier alpha value is -1.89. The molecule has 1 amide bonds. The standard InChI is InChI=1S/C10H13N3O4/c1-5-7(3-11-12-5)9(15)13-4-6(14)2-8(13)10(16)17/h3,6,8,14H,2,4H2,1H3,(H,11,12)(H,16,17)/t6?,8-/m0/s1. The second-order valence-corrected chi connectivity index (χ2v) is 4.11. The van der Waals surface area contributed by atoms with Crippen LogP contribution in [0.5, 0.6) is 0 Å². The molecule has 0 saturated carbocycles. The zero-order valence-corrected chi connectivity index (χ0v) is 9.25. The van der Waals surface area contributed by atoms with E-state index in [2.05, 4.69) is 10.2 Å². The topological polar surface area (TPSA) is 107 Å². The van der Waals surface area contributed by atoms with Gasteiger partial charge in [0.2, 0.25) is 0 Å². The second kappa shape index (κ2) is 4.17. The van der Waals surface area contributed by atoms with Crippen molar-refractivity contribution >= 4 is 11.9 Å². The van der Waals surface area contributed by atoms with E-state index in [1.807, 2.05) is 0 Å². The van der Waals surface area contributed by atoms with Gasteiger partial charge in [-0.25, -0.2) is 4.79 Å². The quantitative estimate of drug-likeness (QED) is 0.637. The van der Waals surface area contributed by atoms with Crippen LogP contribution in [0, 0.1) is 6.92 Å². The van der Waals surface area contributed by atoms with Crippen molar-refractivity contribution in [3.8, 4) is 0 Å². The Labute approximate surface area is 97.0 Å². The number of likely N-dealkylation sites (tertiary alicyclic amines) is 1. The lowest BCUT2D eigenvalue weighted by atomic mass is 10.2. The molecule has 7 nitrogen and oxygen atoms in total. The normalized spacial score (nSPS) is 24.0. The van der Waals surface area contributed by atoms with Gasteiger partial charge in [0, 0.05) is 18.7 Å². The van der Waals surface area contributed by atoms with Gasteiger partial charge in [0.15, 0.2) is 0 Å². The SMILES string of the molecule is Cc1[nH]ncc1C(=O)N1CC(O)C[C@H]1C(=O)O. The van der Waals surface area contributed by atoms with Gasteiger partial charge in [0.05, 0.1) is 17.9 Å². The van der Waals surface area contributed by atoms with Crippen LogP contribution in [0.3, 0.4) is 0 Å². The number of aliphatic hydroxyl groups is 1. The van der Waals surface area contributed by atoms with Gasteiger partial charge in [-0.2, -0.15) is 5.10 Å². The number of H-pyrrole nitrogens is 1. The predicted octanol–water partition coefficient (Wildman–Crippen LogP) is -0.622. The van der Waals surface area contributed by atoms with E-state index < -0.39 is 24.0 Å². The molecule has 0 aliphatic carbocycles. The summed E-state index contributed by atoms with van der Waals surface area (Å²) in [5.41, 5.74) is 0.922. The summed E-state index contributed by atoms with van der Waals surface area (Å²) >= 11 is 0. The molecule has 1 aromatic rings. The molecule has 0 radical (unpaired) electrons. The van der Waals surface area contributed by atoms with Crippen LogP contribution in [0.4, 0.5) is 0 Å². The van der Waals surface area contributed by atoms with Crippen LogP contribution in [0.25, 0.3) is 0 Å². The smallest absolute Gasteiger partial charge is 0.326 e. The first kappa shape index (κ1) is 11.6. The minimum absolute atomic E-state index is 0.0421. The number of nitrogens with zero attached hydrogens (tertiary/aromatic N) is 2. The van der Waals surface area contributed by atoms with E-state index in [0.29, 0.717) is 11.3 Å². The number of aryl methyl sites for hydroxylation is 1. The number of aromatic amines is 1. The van der Waals surface area contributed by atoms with Gasteiger partial charge in [-0.15, -0.1) is 0 Å². The van der Waals surface area contributed by atoms with Gasteiger partial charge in [0.25, 0.3) is 5.91 Å². The van der Waals surface area contributed by atoms with E-state index in [9.17, 15) is 14.7 Å². The maximum Gasteiger partial charge on any atom is 0.326 e. The number of aliphatic hydroxyl groups excluding tert-OH is 1. The number of nitrogens with one attached hydrogen (secondary N) is 1. The first-order valence-corrected chi connectivity index (χ1v) is 5.22. The fourth-order valence-electron chi connectivity index (χ4n) is 1.99. The van der Waals surface area contributed by atoms with Crippen LogP contribution in [-0.2, 0) is 4.79 Å². The molecule has 92 valence electrons. The number of aromatic nitrogens is 2.